The molecular weight excluding hydrogens is 298 g/mol. The molecule has 0 amide bonds. The lowest BCUT2D eigenvalue weighted by Crippen LogP contribution is -1.91. The van der Waals surface area contributed by atoms with E-state index >= 15 is 0 Å². The van der Waals surface area contributed by atoms with Crippen molar-refractivity contribution in [2.75, 3.05) is 12.0 Å². The van der Waals surface area contributed by atoms with E-state index in [0.29, 0.717) is 12.4 Å². The Morgan fingerprint density at radius 2 is 2.18 bits per heavy atom. The molecule has 0 unspecified atom stereocenters. The van der Waals surface area contributed by atoms with Crippen LogP contribution in [0.4, 0.5) is 5.13 Å². The number of furan rings is 1. The highest BCUT2D eigenvalue weighted by Gasteiger charge is 2.04. The van der Waals surface area contributed by atoms with E-state index in [1.807, 2.05) is 48.7 Å². The molecule has 0 atom stereocenters. The standard InChI is InChI=1S/C16H15N3O2S/c1-2-20-13-7-5-12(6-8-13)15-11-22-16(18-15)19-17-10-14-4-3-9-21-14/h3-11H,2H2,1H3,(H,18,19). The van der Waals surface area contributed by atoms with Crippen molar-refractivity contribution < 1.29 is 9.15 Å². The predicted octanol–water partition coefficient (Wildman–Crippen LogP) is 4.25. The van der Waals surface area contributed by atoms with Crippen LogP contribution in [0.3, 0.4) is 0 Å². The molecule has 5 nitrogen and oxygen atoms in total. The Hall–Kier alpha value is -2.60. The third-order valence-electron chi connectivity index (χ3n) is 2.86. The van der Waals surface area contributed by atoms with Crippen LogP contribution in [0.1, 0.15) is 12.7 Å². The molecule has 1 aromatic carbocycles. The average Bonchev–Trinajstić information content (AvgIpc) is 3.20. The summed E-state index contributed by atoms with van der Waals surface area (Å²) in [7, 11) is 0. The molecule has 3 aromatic rings. The number of aromatic nitrogens is 1. The average molecular weight is 313 g/mol. The third kappa shape index (κ3) is 3.53. The minimum absolute atomic E-state index is 0.664. The number of hydrogen-bond acceptors (Lipinski definition) is 6. The largest absolute Gasteiger partial charge is 0.494 e. The number of nitrogens with one attached hydrogen (secondary N) is 1. The number of nitrogens with zero attached hydrogens (tertiary/aromatic N) is 2. The summed E-state index contributed by atoms with van der Waals surface area (Å²) in [5.74, 6) is 1.55. The summed E-state index contributed by atoms with van der Waals surface area (Å²) < 4.78 is 10.6. The lowest BCUT2D eigenvalue weighted by Gasteiger charge is -2.03. The van der Waals surface area contributed by atoms with E-state index in [1.54, 1.807) is 12.5 Å². The second-order valence-corrected chi connectivity index (χ2v) is 5.24. The van der Waals surface area contributed by atoms with Crippen LogP contribution in [0.25, 0.3) is 11.3 Å². The highest BCUT2D eigenvalue weighted by atomic mass is 32.1. The molecule has 0 fully saturated rings. The summed E-state index contributed by atoms with van der Waals surface area (Å²) in [6.45, 7) is 2.63. The number of ether oxygens (including phenoxy) is 1. The van der Waals surface area contributed by atoms with Gasteiger partial charge in [-0.1, -0.05) is 0 Å². The minimum atomic E-state index is 0.664. The van der Waals surface area contributed by atoms with Crippen molar-refractivity contribution in [3.8, 4) is 17.0 Å². The number of benzene rings is 1. The maximum absolute atomic E-state index is 5.43. The van der Waals surface area contributed by atoms with Crippen LogP contribution in [0, 0.1) is 0 Å². The minimum Gasteiger partial charge on any atom is -0.494 e. The number of hydrazone groups is 1. The van der Waals surface area contributed by atoms with Gasteiger partial charge in [-0.25, -0.2) is 4.98 Å². The summed E-state index contributed by atoms with van der Waals surface area (Å²) >= 11 is 1.50. The molecule has 3 rings (SSSR count). The van der Waals surface area contributed by atoms with E-state index < -0.39 is 0 Å². The fraction of sp³-hybridized carbons (Fsp3) is 0.125. The molecule has 0 saturated heterocycles. The van der Waals surface area contributed by atoms with Crippen molar-refractivity contribution in [1.82, 2.24) is 4.98 Å². The summed E-state index contributed by atoms with van der Waals surface area (Å²) in [5.41, 5.74) is 4.85. The van der Waals surface area contributed by atoms with Gasteiger partial charge >= 0.3 is 0 Å². The van der Waals surface area contributed by atoms with Gasteiger partial charge in [-0.15, -0.1) is 11.3 Å². The Kier molecular flexibility index (Phi) is 4.50. The molecule has 2 heterocycles. The Balaban J connectivity index is 1.65. The SMILES string of the molecule is CCOc1ccc(-c2csc(NN=Cc3ccco3)n2)cc1. The molecular formula is C16H15N3O2S. The quantitative estimate of drug-likeness (QED) is 0.546. The van der Waals surface area contributed by atoms with Gasteiger partial charge in [-0.3, -0.25) is 5.43 Å². The van der Waals surface area contributed by atoms with Gasteiger partial charge in [0.2, 0.25) is 5.13 Å². The van der Waals surface area contributed by atoms with Gasteiger partial charge < -0.3 is 9.15 Å². The van der Waals surface area contributed by atoms with Crippen LogP contribution < -0.4 is 10.2 Å². The maximum atomic E-state index is 5.43. The summed E-state index contributed by atoms with van der Waals surface area (Å²) in [5, 5.41) is 6.80. The topological polar surface area (TPSA) is 59.6 Å². The molecule has 1 N–H and O–H groups in total. The first-order valence-electron chi connectivity index (χ1n) is 6.86. The zero-order valence-corrected chi connectivity index (χ0v) is 12.8. The van der Waals surface area contributed by atoms with E-state index in [1.165, 1.54) is 11.3 Å². The zero-order valence-electron chi connectivity index (χ0n) is 12.0. The third-order valence-corrected chi connectivity index (χ3v) is 3.61. The van der Waals surface area contributed by atoms with Gasteiger partial charge in [-0.2, -0.15) is 5.10 Å². The van der Waals surface area contributed by atoms with Crippen LogP contribution in [0.5, 0.6) is 5.75 Å². The second kappa shape index (κ2) is 6.91. The smallest absolute Gasteiger partial charge is 0.203 e. The fourth-order valence-electron chi connectivity index (χ4n) is 1.86. The van der Waals surface area contributed by atoms with E-state index in [9.17, 15) is 0 Å². The molecule has 2 aromatic heterocycles. The highest BCUT2D eigenvalue weighted by molar-refractivity contribution is 7.14. The first-order chi connectivity index (χ1) is 10.8. The van der Waals surface area contributed by atoms with Crippen molar-refractivity contribution in [3.63, 3.8) is 0 Å². The predicted molar refractivity (Wildman–Crippen MR) is 88.6 cm³/mol. The lowest BCUT2D eigenvalue weighted by atomic mass is 10.2. The molecule has 0 bridgehead atoms. The van der Waals surface area contributed by atoms with Gasteiger partial charge in [0.15, 0.2) is 0 Å². The fourth-order valence-corrected chi connectivity index (χ4v) is 2.53. The van der Waals surface area contributed by atoms with E-state index in [2.05, 4.69) is 15.5 Å². The van der Waals surface area contributed by atoms with Crippen LogP contribution in [-0.4, -0.2) is 17.8 Å². The Morgan fingerprint density at radius 1 is 1.32 bits per heavy atom. The molecule has 6 heteroatoms. The monoisotopic (exact) mass is 313 g/mol. The molecule has 0 aliphatic heterocycles. The maximum Gasteiger partial charge on any atom is 0.203 e. The molecule has 0 radical (unpaired) electrons. The van der Waals surface area contributed by atoms with Gasteiger partial charge in [0.1, 0.15) is 11.5 Å². The Labute approximate surface area is 132 Å². The van der Waals surface area contributed by atoms with Gasteiger partial charge in [0, 0.05) is 10.9 Å². The molecule has 0 saturated carbocycles. The van der Waals surface area contributed by atoms with E-state index in [4.69, 9.17) is 9.15 Å². The van der Waals surface area contributed by atoms with Crippen LogP contribution in [0.2, 0.25) is 0 Å². The zero-order chi connectivity index (χ0) is 15.2. The van der Waals surface area contributed by atoms with Crippen molar-refractivity contribution in [2.45, 2.75) is 6.92 Å². The van der Waals surface area contributed by atoms with Crippen LogP contribution in [-0.2, 0) is 0 Å². The molecule has 0 spiro atoms. The van der Waals surface area contributed by atoms with Crippen molar-refractivity contribution in [1.29, 1.82) is 0 Å². The van der Waals surface area contributed by atoms with Crippen LogP contribution >= 0.6 is 11.3 Å². The van der Waals surface area contributed by atoms with Gasteiger partial charge in [-0.05, 0) is 43.3 Å². The van der Waals surface area contributed by atoms with Crippen molar-refractivity contribution >= 4 is 22.7 Å². The first kappa shape index (κ1) is 14.3. The molecule has 22 heavy (non-hydrogen) atoms. The van der Waals surface area contributed by atoms with Crippen molar-refractivity contribution in [3.05, 3.63) is 53.8 Å². The molecule has 0 aliphatic rings. The number of thiazole rings is 1. The normalized spacial score (nSPS) is 11.0. The van der Waals surface area contributed by atoms with Gasteiger partial charge in [0.05, 0.1) is 24.8 Å². The molecule has 112 valence electrons. The summed E-state index contributed by atoms with van der Waals surface area (Å²) in [6, 6.07) is 11.5. The lowest BCUT2D eigenvalue weighted by molar-refractivity contribution is 0.340. The van der Waals surface area contributed by atoms with E-state index in [0.717, 1.165) is 22.1 Å². The van der Waals surface area contributed by atoms with Crippen molar-refractivity contribution in [2.24, 2.45) is 5.10 Å². The van der Waals surface area contributed by atoms with Crippen LogP contribution in [0.15, 0.2) is 57.6 Å². The number of anilines is 1. The second-order valence-electron chi connectivity index (χ2n) is 4.38. The summed E-state index contributed by atoms with van der Waals surface area (Å²) in [6.07, 6.45) is 3.22. The number of hydrogen-bond donors (Lipinski definition) is 1. The van der Waals surface area contributed by atoms with E-state index in [-0.39, 0.29) is 0 Å². The number of rotatable bonds is 6. The molecule has 0 aliphatic carbocycles. The highest BCUT2D eigenvalue weighted by Crippen LogP contribution is 2.26. The van der Waals surface area contributed by atoms with Gasteiger partial charge in [0.25, 0.3) is 0 Å². The first-order valence-corrected chi connectivity index (χ1v) is 7.74. The Bertz CT molecular complexity index is 733. The summed E-state index contributed by atoms with van der Waals surface area (Å²) in [4.78, 5) is 4.50. The Morgan fingerprint density at radius 3 is 2.91 bits per heavy atom.